The molecule has 2 rings (SSSR count). The molecule has 1 aromatic carbocycles. The van der Waals surface area contributed by atoms with E-state index in [-0.39, 0.29) is 5.91 Å². The van der Waals surface area contributed by atoms with E-state index >= 15 is 0 Å². The van der Waals surface area contributed by atoms with E-state index in [0.29, 0.717) is 6.42 Å². The number of carboxylic acid groups (broad SMARTS) is 1. The zero-order valence-electron chi connectivity index (χ0n) is 9.50. The molecule has 98 valence electrons. The van der Waals surface area contributed by atoms with E-state index in [4.69, 9.17) is 20.8 Å². The van der Waals surface area contributed by atoms with Gasteiger partial charge in [0, 0.05) is 5.56 Å². The first-order chi connectivity index (χ1) is 8.54. The number of aliphatic hydroxyl groups excluding tert-OH is 1. The van der Waals surface area contributed by atoms with Crippen molar-refractivity contribution in [3.05, 3.63) is 29.8 Å². The zero-order valence-corrected chi connectivity index (χ0v) is 9.50. The van der Waals surface area contributed by atoms with Gasteiger partial charge in [-0.3, -0.25) is 9.59 Å². The molecule has 0 unspecified atom stereocenters. The third kappa shape index (κ3) is 4.04. The number of carbonyl (C=O) groups excluding carboxylic acids is 1. The molecule has 5 N–H and O–H groups in total. The summed E-state index contributed by atoms with van der Waals surface area (Å²) in [6.07, 6.45) is 0.413. The second-order valence-corrected chi connectivity index (χ2v) is 3.54. The van der Waals surface area contributed by atoms with Gasteiger partial charge < -0.3 is 20.8 Å². The molecule has 0 spiro atoms. The number of carboxylic acids is 1. The predicted molar refractivity (Wildman–Crippen MR) is 61.6 cm³/mol. The first-order valence-electron chi connectivity index (χ1n) is 5.17. The molecule has 18 heavy (non-hydrogen) atoms. The molecule has 0 aliphatic carbocycles. The lowest BCUT2D eigenvalue weighted by atomic mass is 10.1. The van der Waals surface area contributed by atoms with Crippen molar-refractivity contribution in [3.8, 4) is 5.75 Å². The highest BCUT2D eigenvalue weighted by Crippen LogP contribution is 2.19. The minimum Gasteiger partial charge on any atom is -0.480 e. The third-order valence-corrected chi connectivity index (χ3v) is 2.11. The number of hydrogen-bond acceptors (Lipinski definition) is 5. The standard InChI is InChI=1S/C8H7NO2.C3H7NO3/c10-8-5-6-3-1-2-4-7(6)11-9-8;4-2(1-5)3(6)7/h1-4H,5H2,(H,9,10);2,5H,1,4H2,(H,6,7)/t;2-/m.0/s1. The van der Waals surface area contributed by atoms with Gasteiger partial charge in [-0.1, -0.05) is 18.2 Å². The molecule has 1 aliphatic heterocycles. The Kier molecular flexibility index (Phi) is 5.09. The Morgan fingerprint density at radius 1 is 1.50 bits per heavy atom. The third-order valence-electron chi connectivity index (χ3n) is 2.11. The molecule has 1 aromatic rings. The zero-order chi connectivity index (χ0) is 13.5. The molecular formula is C11H14N2O5. The summed E-state index contributed by atoms with van der Waals surface area (Å²) in [6, 6.07) is 6.35. The van der Waals surface area contributed by atoms with Crippen LogP contribution in [0.3, 0.4) is 0 Å². The number of para-hydroxylation sites is 1. The van der Waals surface area contributed by atoms with E-state index in [0.717, 1.165) is 11.3 Å². The van der Waals surface area contributed by atoms with Gasteiger partial charge in [-0.25, -0.2) is 0 Å². The quantitative estimate of drug-likeness (QED) is 0.539. The number of amides is 1. The lowest BCUT2D eigenvalue weighted by molar-refractivity contribution is -0.139. The van der Waals surface area contributed by atoms with E-state index in [2.05, 4.69) is 5.48 Å². The Morgan fingerprint density at radius 3 is 2.72 bits per heavy atom. The van der Waals surface area contributed by atoms with Crippen LogP contribution in [0.4, 0.5) is 0 Å². The summed E-state index contributed by atoms with van der Waals surface area (Å²) in [5.74, 6) is -0.529. The summed E-state index contributed by atoms with van der Waals surface area (Å²) < 4.78 is 0. The molecule has 0 saturated heterocycles. The smallest absolute Gasteiger partial charge is 0.322 e. The number of rotatable bonds is 2. The first-order valence-corrected chi connectivity index (χ1v) is 5.17. The summed E-state index contributed by atoms with van der Waals surface area (Å²) in [6.45, 7) is -0.505. The van der Waals surface area contributed by atoms with Gasteiger partial charge in [0.25, 0.3) is 5.91 Å². The van der Waals surface area contributed by atoms with Gasteiger partial charge in [-0.05, 0) is 6.07 Å². The number of benzene rings is 1. The molecule has 0 bridgehead atoms. The minimum absolute atomic E-state index is 0.0938. The SMILES string of the molecule is N[C@@H](CO)C(=O)O.O=C1Cc2ccccc2ON1. The number of nitrogens with two attached hydrogens (primary N) is 1. The highest BCUT2D eigenvalue weighted by Gasteiger charge is 2.14. The van der Waals surface area contributed by atoms with Crippen molar-refractivity contribution in [1.82, 2.24) is 5.48 Å². The van der Waals surface area contributed by atoms with Gasteiger partial charge in [0.05, 0.1) is 13.0 Å². The molecular weight excluding hydrogens is 240 g/mol. The van der Waals surface area contributed by atoms with Crippen LogP contribution in [0, 0.1) is 0 Å². The first kappa shape index (κ1) is 13.9. The Morgan fingerprint density at radius 2 is 2.17 bits per heavy atom. The fraction of sp³-hybridized carbons (Fsp3) is 0.273. The van der Waals surface area contributed by atoms with Crippen molar-refractivity contribution in [2.45, 2.75) is 12.5 Å². The number of nitrogens with one attached hydrogen (secondary N) is 1. The van der Waals surface area contributed by atoms with Crippen LogP contribution in [0.5, 0.6) is 5.75 Å². The Balaban J connectivity index is 0.000000203. The second kappa shape index (κ2) is 6.58. The molecule has 0 saturated carbocycles. The van der Waals surface area contributed by atoms with Crippen LogP contribution >= 0.6 is 0 Å². The molecule has 0 radical (unpaired) electrons. The molecule has 1 atom stereocenters. The number of hydrogen-bond donors (Lipinski definition) is 4. The minimum atomic E-state index is -1.18. The lowest BCUT2D eigenvalue weighted by Gasteiger charge is -2.15. The van der Waals surface area contributed by atoms with E-state index in [1.807, 2.05) is 24.3 Å². The van der Waals surface area contributed by atoms with Crippen LogP contribution in [0.2, 0.25) is 0 Å². The maximum Gasteiger partial charge on any atom is 0.322 e. The molecule has 7 nitrogen and oxygen atoms in total. The highest BCUT2D eigenvalue weighted by molar-refractivity contribution is 5.79. The van der Waals surface area contributed by atoms with Crippen molar-refractivity contribution < 1.29 is 24.6 Å². The monoisotopic (exact) mass is 254 g/mol. The summed E-state index contributed by atoms with van der Waals surface area (Å²) in [5.41, 5.74) is 8.01. The van der Waals surface area contributed by atoms with Crippen LogP contribution in [-0.2, 0) is 16.0 Å². The van der Waals surface area contributed by atoms with E-state index < -0.39 is 18.6 Å². The van der Waals surface area contributed by atoms with Crippen LogP contribution < -0.4 is 16.1 Å². The summed E-state index contributed by atoms with van der Waals surface area (Å²) in [7, 11) is 0. The van der Waals surface area contributed by atoms with Gasteiger partial charge in [0.2, 0.25) is 0 Å². The van der Waals surface area contributed by atoms with Crippen LogP contribution in [0.15, 0.2) is 24.3 Å². The van der Waals surface area contributed by atoms with Crippen LogP contribution in [-0.4, -0.2) is 34.7 Å². The topological polar surface area (TPSA) is 122 Å². The van der Waals surface area contributed by atoms with E-state index in [1.54, 1.807) is 0 Å². The predicted octanol–water partition coefficient (Wildman–Crippen LogP) is -0.957. The lowest BCUT2D eigenvalue weighted by Crippen LogP contribution is -2.33. The average molecular weight is 254 g/mol. The van der Waals surface area contributed by atoms with Crippen molar-refractivity contribution in [1.29, 1.82) is 0 Å². The fourth-order valence-corrected chi connectivity index (χ4v) is 1.15. The number of carbonyl (C=O) groups is 2. The number of fused-ring (bicyclic) bond motifs is 1. The van der Waals surface area contributed by atoms with E-state index in [1.165, 1.54) is 0 Å². The van der Waals surface area contributed by atoms with Gasteiger partial charge in [0.1, 0.15) is 6.04 Å². The molecule has 1 aliphatic rings. The van der Waals surface area contributed by atoms with Gasteiger partial charge in [0.15, 0.2) is 5.75 Å². The van der Waals surface area contributed by atoms with Crippen molar-refractivity contribution in [2.75, 3.05) is 6.61 Å². The fourth-order valence-electron chi connectivity index (χ4n) is 1.15. The van der Waals surface area contributed by atoms with Crippen molar-refractivity contribution in [3.63, 3.8) is 0 Å². The average Bonchev–Trinajstić information content (AvgIpc) is 2.38. The van der Waals surface area contributed by atoms with Crippen molar-refractivity contribution >= 4 is 11.9 Å². The van der Waals surface area contributed by atoms with Gasteiger partial charge in [-0.2, -0.15) is 5.48 Å². The second-order valence-electron chi connectivity index (χ2n) is 3.54. The Labute approximate surface area is 103 Å². The summed E-state index contributed by atoms with van der Waals surface area (Å²) in [5, 5.41) is 15.9. The maximum absolute atomic E-state index is 10.8. The largest absolute Gasteiger partial charge is 0.480 e. The molecule has 0 fully saturated rings. The number of hydroxylamine groups is 1. The highest BCUT2D eigenvalue weighted by atomic mass is 16.7. The number of aliphatic carboxylic acids is 1. The molecule has 7 heteroatoms. The molecule has 1 amide bonds. The molecule has 0 aromatic heterocycles. The van der Waals surface area contributed by atoms with Crippen LogP contribution in [0.25, 0.3) is 0 Å². The summed E-state index contributed by atoms with van der Waals surface area (Å²) in [4.78, 5) is 25.4. The Hall–Kier alpha value is -2.12. The summed E-state index contributed by atoms with van der Waals surface area (Å²) >= 11 is 0. The Bertz CT molecular complexity index is 435. The normalized spacial score (nSPS) is 14.2. The van der Waals surface area contributed by atoms with E-state index in [9.17, 15) is 9.59 Å². The van der Waals surface area contributed by atoms with Crippen molar-refractivity contribution in [2.24, 2.45) is 5.73 Å². The van der Waals surface area contributed by atoms with Crippen LogP contribution in [0.1, 0.15) is 5.56 Å². The number of aliphatic hydroxyl groups is 1. The molecule has 1 heterocycles. The van der Waals surface area contributed by atoms with Gasteiger partial charge >= 0.3 is 5.97 Å². The van der Waals surface area contributed by atoms with Gasteiger partial charge in [-0.15, -0.1) is 0 Å². The maximum atomic E-state index is 10.8.